The Labute approximate surface area is 78.8 Å². The van der Waals surface area contributed by atoms with Crippen LogP contribution in [0, 0.1) is 0 Å². The van der Waals surface area contributed by atoms with E-state index in [4.69, 9.17) is 19.3 Å². The summed E-state index contributed by atoms with van der Waals surface area (Å²) < 4.78 is 15.7. The highest BCUT2D eigenvalue weighted by Gasteiger charge is 2.14. The van der Waals surface area contributed by atoms with Crippen molar-refractivity contribution in [3.8, 4) is 0 Å². The van der Waals surface area contributed by atoms with Crippen LogP contribution in [0.1, 0.15) is 12.8 Å². The first-order chi connectivity index (χ1) is 6.43. The summed E-state index contributed by atoms with van der Waals surface area (Å²) in [5.74, 6) is 0. The number of ether oxygens (including phenoxy) is 3. The van der Waals surface area contributed by atoms with E-state index in [0.717, 1.165) is 19.4 Å². The molecule has 0 unspecified atom stereocenters. The van der Waals surface area contributed by atoms with Gasteiger partial charge in [-0.25, -0.2) is 0 Å². The summed E-state index contributed by atoms with van der Waals surface area (Å²) in [5.41, 5.74) is 0. The minimum Gasteiger partial charge on any atom is -0.394 e. The second-order valence-electron chi connectivity index (χ2n) is 3.05. The van der Waals surface area contributed by atoms with Crippen LogP contribution in [0.2, 0.25) is 0 Å². The summed E-state index contributed by atoms with van der Waals surface area (Å²) in [4.78, 5) is 0. The fourth-order valence-electron chi connectivity index (χ4n) is 1.28. The zero-order chi connectivity index (χ0) is 9.36. The van der Waals surface area contributed by atoms with Gasteiger partial charge in [-0.2, -0.15) is 0 Å². The van der Waals surface area contributed by atoms with Gasteiger partial charge in [-0.3, -0.25) is 0 Å². The van der Waals surface area contributed by atoms with Crippen LogP contribution in [0.25, 0.3) is 0 Å². The molecule has 0 amide bonds. The lowest BCUT2D eigenvalue weighted by molar-refractivity contribution is -0.0112. The molecule has 0 aromatic rings. The SMILES string of the molecule is OCCOCCOC[C@@H]1CCCO1. The van der Waals surface area contributed by atoms with E-state index < -0.39 is 0 Å². The van der Waals surface area contributed by atoms with E-state index in [-0.39, 0.29) is 12.7 Å². The van der Waals surface area contributed by atoms with Gasteiger partial charge in [-0.1, -0.05) is 0 Å². The Kier molecular flexibility index (Phi) is 6.10. The molecule has 4 nitrogen and oxygen atoms in total. The summed E-state index contributed by atoms with van der Waals surface area (Å²) in [6, 6.07) is 0. The molecule has 78 valence electrons. The Balaban J connectivity index is 1.78. The Morgan fingerprint density at radius 2 is 2.08 bits per heavy atom. The molecule has 13 heavy (non-hydrogen) atoms. The first-order valence-electron chi connectivity index (χ1n) is 4.81. The van der Waals surface area contributed by atoms with Gasteiger partial charge in [-0.05, 0) is 12.8 Å². The van der Waals surface area contributed by atoms with Crippen molar-refractivity contribution in [1.82, 2.24) is 0 Å². The van der Waals surface area contributed by atoms with Crippen molar-refractivity contribution in [2.75, 3.05) is 39.6 Å². The van der Waals surface area contributed by atoms with Gasteiger partial charge in [0.2, 0.25) is 0 Å². The topological polar surface area (TPSA) is 47.9 Å². The molecule has 1 aliphatic heterocycles. The van der Waals surface area contributed by atoms with Crippen LogP contribution in [0.4, 0.5) is 0 Å². The van der Waals surface area contributed by atoms with Crippen LogP contribution < -0.4 is 0 Å². The Morgan fingerprint density at radius 3 is 2.77 bits per heavy atom. The smallest absolute Gasteiger partial charge is 0.0809 e. The van der Waals surface area contributed by atoms with E-state index in [0.29, 0.717) is 26.4 Å². The molecule has 1 fully saturated rings. The second-order valence-corrected chi connectivity index (χ2v) is 3.05. The lowest BCUT2D eigenvalue weighted by atomic mass is 10.2. The van der Waals surface area contributed by atoms with Crippen LogP contribution in [0.3, 0.4) is 0 Å². The molecule has 1 aliphatic rings. The summed E-state index contributed by atoms with van der Waals surface area (Å²) in [6.07, 6.45) is 2.55. The summed E-state index contributed by atoms with van der Waals surface area (Å²) in [5, 5.41) is 8.41. The fraction of sp³-hybridized carbons (Fsp3) is 1.00. The largest absolute Gasteiger partial charge is 0.394 e. The van der Waals surface area contributed by atoms with E-state index in [1.165, 1.54) is 0 Å². The molecular formula is C9H18O4. The molecule has 1 rings (SSSR count). The van der Waals surface area contributed by atoms with Crippen molar-refractivity contribution in [2.45, 2.75) is 18.9 Å². The van der Waals surface area contributed by atoms with E-state index in [1.807, 2.05) is 0 Å². The van der Waals surface area contributed by atoms with Crippen LogP contribution in [-0.2, 0) is 14.2 Å². The molecule has 0 aliphatic carbocycles. The first-order valence-corrected chi connectivity index (χ1v) is 4.81. The molecule has 0 aromatic carbocycles. The van der Waals surface area contributed by atoms with Gasteiger partial charge in [0.25, 0.3) is 0 Å². The highest BCUT2D eigenvalue weighted by atomic mass is 16.6. The number of rotatable bonds is 7. The normalized spacial score (nSPS) is 22.4. The van der Waals surface area contributed by atoms with Gasteiger partial charge in [0.15, 0.2) is 0 Å². The van der Waals surface area contributed by atoms with Crippen molar-refractivity contribution in [3.05, 3.63) is 0 Å². The number of hydrogen-bond donors (Lipinski definition) is 1. The lowest BCUT2D eigenvalue weighted by Crippen LogP contribution is -2.16. The third-order valence-corrected chi connectivity index (χ3v) is 1.94. The van der Waals surface area contributed by atoms with Gasteiger partial charge in [0, 0.05) is 6.61 Å². The fourth-order valence-corrected chi connectivity index (χ4v) is 1.28. The highest BCUT2D eigenvalue weighted by Crippen LogP contribution is 2.11. The average molecular weight is 190 g/mol. The van der Waals surface area contributed by atoms with Gasteiger partial charge >= 0.3 is 0 Å². The number of aliphatic hydroxyl groups is 1. The minimum atomic E-state index is 0.0751. The summed E-state index contributed by atoms with van der Waals surface area (Å²) in [7, 11) is 0. The minimum absolute atomic E-state index is 0.0751. The molecule has 4 heteroatoms. The van der Waals surface area contributed by atoms with Crippen molar-refractivity contribution < 1.29 is 19.3 Å². The molecule has 0 radical (unpaired) electrons. The molecule has 1 saturated heterocycles. The summed E-state index contributed by atoms with van der Waals surface area (Å²) in [6.45, 7) is 3.14. The zero-order valence-electron chi connectivity index (χ0n) is 7.91. The van der Waals surface area contributed by atoms with E-state index in [2.05, 4.69) is 0 Å². The maximum atomic E-state index is 8.41. The molecule has 1 N–H and O–H groups in total. The predicted octanol–water partition coefficient (Wildman–Crippen LogP) is 0.191. The number of hydrogen-bond acceptors (Lipinski definition) is 4. The van der Waals surface area contributed by atoms with E-state index in [1.54, 1.807) is 0 Å². The monoisotopic (exact) mass is 190 g/mol. The van der Waals surface area contributed by atoms with Crippen molar-refractivity contribution in [2.24, 2.45) is 0 Å². The van der Waals surface area contributed by atoms with Crippen LogP contribution in [0.5, 0.6) is 0 Å². The second kappa shape index (κ2) is 7.26. The molecular weight excluding hydrogens is 172 g/mol. The Morgan fingerprint density at radius 1 is 1.23 bits per heavy atom. The third kappa shape index (κ3) is 5.21. The molecule has 1 atom stereocenters. The van der Waals surface area contributed by atoms with Crippen molar-refractivity contribution in [3.63, 3.8) is 0 Å². The Bertz CT molecular complexity index is 112. The maximum absolute atomic E-state index is 8.41. The predicted molar refractivity (Wildman–Crippen MR) is 47.7 cm³/mol. The van der Waals surface area contributed by atoms with E-state index >= 15 is 0 Å². The maximum Gasteiger partial charge on any atom is 0.0809 e. The van der Waals surface area contributed by atoms with Crippen molar-refractivity contribution >= 4 is 0 Å². The highest BCUT2D eigenvalue weighted by molar-refractivity contribution is 4.63. The van der Waals surface area contributed by atoms with Gasteiger partial charge in [0.1, 0.15) is 0 Å². The van der Waals surface area contributed by atoms with Crippen LogP contribution in [0.15, 0.2) is 0 Å². The third-order valence-electron chi connectivity index (χ3n) is 1.94. The van der Waals surface area contributed by atoms with E-state index in [9.17, 15) is 0 Å². The first kappa shape index (κ1) is 10.9. The average Bonchev–Trinajstić information content (AvgIpc) is 2.63. The quantitative estimate of drug-likeness (QED) is 0.582. The molecule has 0 bridgehead atoms. The molecule has 0 aromatic heterocycles. The summed E-state index contributed by atoms with van der Waals surface area (Å²) >= 11 is 0. The molecule has 0 spiro atoms. The lowest BCUT2D eigenvalue weighted by Gasteiger charge is -2.09. The van der Waals surface area contributed by atoms with Gasteiger partial charge in [0.05, 0.1) is 39.1 Å². The van der Waals surface area contributed by atoms with Crippen LogP contribution >= 0.6 is 0 Å². The van der Waals surface area contributed by atoms with Gasteiger partial charge in [-0.15, -0.1) is 0 Å². The molecule has 1 heterocycles. The zero-order valence-corrected chi connectivity index (χ0v) is 7.91. The molecule has 0 saturated carbocycles. The van der Waals surface area contributed by atoms with Crippen molar-refractivity contribution in [1.29, 1.82) is 0 Å². The standard InChI is InChI=1S/C9H18O4/c10-3-5-11-6-7-12-8-9-2-1-4-13-9/h9-10H,1-8H2/t9-/m0/s1. The Hall–Kier alpha value is -0.160. The number of aliphatic hydroxyl groups excluding tert-OH is 1. The van der Waals surface area contributed by atoms with Crippen LogP contribution in [-0.4, -0.2) is 50.9 Å². The van der Waals surface area contributed by atoms with Gasteiger partial charge < -0.3 is 19.3 Å².